The van der Waals surface area contributed by atoms with Gasteiger partial charge in [0.15, 0.2) is 0 Å². The number of carbonyl (C=O) groups is 1. The second kappa shape index (κ2) is 8.63. The van der Waals surface area contributed by atoms with E-state index in [0.29, 0.717) is 5.69 Å². The van der Waals surface area contributed by atoms with Gasteiger partial charge in [0.05, 0.1) is 10.5 Å². The van der Waals surface area contributed by atoms with E-state index in [0.717, 1.165) is 48.9 Å². The van der Waals surface area contributed by atoms with Crippen LogP contribution in [0.1, 0.15) is 54.1 Å². The molecule has 29 heavy (non-hydrogen) atoms. The maximum Gasteiger partial charge on any atom is 0.258 e. The summed E-state index contributed by atoms with van der Waals surface area (Å²) in [5.74, 6) is -1.21. The summed E-state index contributed by atoms with van der Waals surface area (Å²) in [7, 11) is -3.85. The van der Waals surface area contributed by atoms with E-state index in [1.54, 1.807) is 6.07 Å². The van der Waals surface area contributed by atoms with Crippen molar-refractivity contribution in [3.05, 3.63) is 58.9 Å². The first-order valence-electron chi connectivity index (χ1n) is 9.88. The molecule has 0 aliphatic heterocycles. The molecule has 0 spiro atoms. The Kier molecular flexibility index (Phi) is 6.39. The average molecular weight is 419 g/mol. The molecular weight excluding hydrogens is 391 g/mol. The summed E-state index contributed by atoms with van der Waals surface area (Å²) in [6.07, 6.45) is 3.82. The molecule has 1 aliphatic rings. The van der Waals surface area contributed by atoms with E-state index in [2.05, 4.69) is 10.0 Å². The third-order valence-corrected chi connectivity index (χ3v) is 7.04. The summed E-state index contributed by atoms with van der Waals surface area (Å²) in [6, 6.07) is 8.74. The zero-order chi connectivity index (χ0) is 21.2. The van der Waals surface area contributed by atoms with E-state index < -0.39 is 21.7 Å². The van der Waals surface area contributed by atoms with E-state index >= 15 is 0 Å². The van der Waals surface area contributed by atoms with Gasteiger partial charge >= 0.3 is 0 Å². The summed E-state index contributed by atoms with van der Waals surface area (Å²) >= 11 is 0. The van der Waals surface area contributed by atoms with Crippen LogP contribution < -0.4 is 10.0 Å². The van der Waals surface area contributed by atoms with Crippen molar-refractivity contribution in [3.63, 3.8) is 0 Å². The molecule has 5 nitrogen and oxygen atoms in total. The Morgan fingerprint density at radius 1 is 1.07 bits per heavy atom. The molecule has 2 aromatic carbocycles. The predicted molar refractivity (Wildman–Crippen MR) is 112 cm³/mol. The minimum Gasteiger partial charge on any atom is -0.322 e. The Labute approximate surface area is 171 Å². The van der Waals surface area contributed by atoms with Crippen LogP contribution in [0.4, 0.5) is 10.1 Å². The normalized spacial score (nSPS) is 19.7. The lowest BCUT2D eigenvalue weighted by molar-refractivity contribution is 0.102. The first-order valence-corrected chi connectivity index (χ1v) is 11.4. The molecule has 1 saturated carbocycles. The van der Waals surface area contributed by atoms with Crippen molar-refractivity contribution in [2.45, 2.75) is 57.4 Å². The van der Waals surface area contributed by atoms with Crippen LogP contribution in [0.5, 0.6) is 0 Å². The van der Waals surface area contributed by atoms with Crippen LogP contribution >= 0.6 is 0 Å². The van der Waals surface area contributed by atoms with Gasteiger partial charge in [-0.1, -0.05) is 31.9 Å². The average Bonchev–Trinajstić information content (AvgIpc) is 2.66. The largest absolute Gasteiger partial charge is 0.322 e. The molecular formula is C22H27FN2O3S. The summed E-state index contributed by atoms with van der Waals surface area (Å²) < 4.78 is 42.7. The van der Waals surface area contributed by atoms with Crippen molar-refractivity contribution in [2.24, 2.45) is 5.92 Å². The standard InChI is InChI=1S/C22H27FN2O3S/c1-14-8-9-16(3)21(12-14)24-22(26)18-13-17(10-11-19(18)23)29(27,28)25-20-7-5-4-6-15(20)2/h8-13,15,20,25H,4-7H2,1-3H3,(H,24,26)/t15-,20+/m0/s1. The molecule has 0 radical (unpaired) electrons. The molecule has 2 aromatic rings. The zero-order valence-corrected chi connectivity index (χ0v) is 17.8. The van der Waals surface area contributed by atoms with Gasteiger partial charge in [-0.25, -0.2) is 17.5 Å². The number of nitrogens with one attached hydrogen (secondary N) is 2. The third kappa shape index (κ3) is 5.03. The molecule has 2 N–H and O–H groups in total. The van der Waals surface area contributed by atoms with Crippen molar-refractivity contribution in [2.75, 3.05) is 5.32 Å². The van der Waals surface area contributed by atoms with E-state index in [1.165, 1.54) is 6.07 Å². The highest BCUT2D eigenvalue weighted by Crippen LogP contribution is 2.26. The maximum atomic E-state index is 14.3. The summed E-state index contributed by atoms with van der Waals surface area (Å²) in [6.45, 7) is 5.75. The number of hydrogen-bond donors (Lipinski definition) is 2. The first-order chi connectivity index (χ1) is 13.7. The number of hydrogen-bond acceptors (Lipinski definition) is 3. The number of aryl methyl sites for hydroxylation is 2. The fourth-order valence-corrected chi connectivity index (χ4v) is 5.07. The molecule has 0 saturated heterocycles. The Morgan fingerprint density at radius 2 is 1.79 bits per heavy atom. The molecule has 1 fully saturated rings. The molecule has 0 heterocycles. The van der Waals surface area contributed by atoms with Gasteiger partial charge in [-0.05, 0) is 68.0 Å². The smallest absolute Gasteiger partial charge is 0.258 e. The predicted octanol–water partition coefficient (Wildman–Crippen LogP) is 4.55. The number of benzene rings is 2. The molecule has 3 rings (SSSR count). The number of amides is 1. The fourth-order valence-electron chi connectivity index (χ4n) is 3.66. The molecule has 156 valence electrons. The molecule has 2 atom stereocenters. The lowest BCUT2D eigenvalue weighted by Gasteiger charge is -2.29. The van der Waals surface area contributed by atoms with Crippen LogP contribution in [0.15, 0.2) is 41.3 Å². The van der Waals surface area contributed by atoms with Gasteiger partial charge in [0.25, 0.3) is 5.91 Å². The van der Waals surface area contributed by atoms with E-state index in [1.807, 2.05) is 32.9 Å². The Bertz CT molecular complexity index is 1020. The minimum absolute atomic E-state index is 0.109. The first kappa shape index (κ1) is 21.5. The molecule has 0 bridgehead atoms. The number of rotatable bonds is 5. The number of carbonyl (C=O) groups excluding carboxylic acids is 1. The number of sulfonamides is 1. The van der Waals surface area contributed by atoms with Crippen molar-refractivity contribution in [1.82, 2.24) is 4.72 Å². The number of anilines is 1. The summed E-state index contributed by atoms with van der Waals surface area (Å²) in [5.41, 5.74) is 2.05. The topological polar surface area (TPSA) is 75.3 Å². The van der Waals surface area contributed by atoms with Crippen molar-refractivity contribution in [3.8, 4) is 0 Å². The highest BCUT2D eigenvalue weighted by molar-refractivity contribution is 7.89. The lowest BCUT2D eigenvalue weighted by atomic mass is 9.87. The quantitative estimate of drug-likeness (QED) is 0.748. The Hall–Kier alpha value is -2.25. The van der Waals surface area contributed by atoms with Crippen LogP contribution in [-0.4, -0.2) is 20.4 Å². The zero-order valence-electron chi connectivity index (χ0n) is 17.0. The van der Waals surface area contributed by atoms with Crippen LogP contribution in [0.25, 0.3) is 0 Å². The molecule has 7 heteroatoms. The van der Waals surface area contributed by atoms with Crippen LogP contribution in [0.2, 0.25) is 0 Å². The highest BCUT2D eigenvalue weighted by atomic mass is 32.2. The maximum absolute atomic E-state index is 14.3. The summed E-state index contributed by atoms with van der Waals surface area (Å²) in [5, 5.41) is 2.68. The van der Waals surface area contributed by atoms with Gasteiger partial charge in [-0.3, -0.25) is 4.79 Å². The van der Waals surface area contributed by atoms with Gasteiger partial charge in [0, 0.05) is 11.7 Å². The van der Waals surface area contributed by atoms with Crippen molar-refractivity contribution in [1.29, 1.82) is 0 Å². The van der Waals surface area contributed by atoms with Gasteiger partial charge < -0.3 is 5.32 Å². The molecule has 0 aromatic heterocycles. The second-order valence-corrected chi connectivity index (χ2v) is 9.62. The van der Waals surface area contributed by atoms with Crippen molar-refractivity contribution < 1.29 is 17.6 Å². The SMILES string of the molecule is Cc1ccc(C)c(NC(=O)c2cc(S(=O)(=O)N[C@@H]3CCCC[C@@H]3C)ccc2F)c1. The van der Waals surface area contributed by atoms with Gasteiger partial charge in [-0.15, -0.1) is 0 Å². The van der Waals surface area contributed by atoms with Crippen LogP contribution in [0.3, 0.4) is 0 Å². The molecule has 1 aliphatic carbocycles. The summed E-state index contributed by atoms with van der Waals surface area (Å²) in [4.78, 5) is 12.5. The van der Waals surface area contributed by atoms with Gasteiger partial charge in [-0.2, -0.15) is 0 Å². The Balaban J connectivity index is 1.85. The van der Waals surface area contributed by atoms with E-state index in [-0.39, 0.29) is 22.4 Å². The Morgan fingerprint density at radius 3 is 2.52 bits per heavy atom. The second-order valence-electron chi connectivity index (χ2n) is 7.90. The van der Waals surface area contributed by atoms with E-state index in [9.17, 15) is 17.6 Å². The van der Waals surface area contributed by atoms with Crippen molar-refractivity contribution >= 4 is 21.6 Å². The number of halogens is 1. The third-order valence-electron chi connectivity index (χ3n) is 5.55. The lowest BCUT2D eigenvalue weighted by Crippen LogP contribution is -2.41. The fraction of sp³-hybridized carbons (Fsp3) is 0.409. The highest BCUT2D eigenvalue weighted by Gasteiger charge is 2.27. The van der Waals surface area contributed by atoms with E-state index in [4.69, 9.17) is 0 Å². The molecule has 0 unspecified atom stereocenters. The van der Waals surface area contributed by atoms with Gasteiger partial charge in [0.1, 0.15) is 5.82 Å². The van der Waals surface area contributed by atoms with Crippen LogP contribution in [-0.2, 0) is 10.0 Å². The van der Waals surface area contributed by atoms with Crippen LogP contribution in [0, 0.1) is 25.6 Å². The monoisotopic (exact) mass is 418 g/mol. The molecule has 1 amide bonds. The van der Waals surface area contributed by atoms with Gasteiger partial charge in [0.2, 0.25) is 10.0 Å². The minimum atomic E-state index is -3.85.